The Bertz CT molecular complexity index is 700. The number of carbonyl (C=O) groups is 1. The minimum absolute atomic E-state index is 0.161. The van der Waals surface area contributed by atoms with Gasteiger partial charge in [0.2, 0.25) is 0 Å². The van der Waals surface area contributed by atoms with Gasteiger partial charge in [-0.25, -0.2) is 9.18 Å². The number of ether oxygens (including phenoxy) is 1. The van der Waals surface area contributed by atoms with Crippen LogP contribution < -0.4 is 4.74 Å². The van der Waals surface area contributed by atoms with Crippen LogP contribution in [0.1, 0.15) is 15.9 Å². The quantitative estimate of drug-likeness (QED) is 0.922. The third-order valence-corrected chi connectivity index (χ3v) is 4.26. The lowest BCUT2D eigenvalue weighted by Gasteiger charge is -2.08. The number of carboxylic acid groups (broad SMARTS) is 1. The smallest absolute Gasteiger partial charge is 0.338 e. The van der Waals surface area contributed by atoms with Gasteiger partial charge in [-0.3, -0.25) is 4.21 Å². The van der Waals surface area contributed by atoms with E-state index in [2.05, 4.69) is 0 Å². The molecule has 0 fully saturated rings. The molecule has 2 aromatic rings. The molecule has 110 valence electrons. The van der Waals surface area contributed by atoms with Gasteiger partial charge >= 0.3 is 5.97 Å². The zero-order valence-corrected chi connectivity index (χ0v) is 12.0. The Morgan fingerprint density at radius 2 is 2.00 bits per heavy atom. The second-order valence-corrected chi connectivity index (χ2v) is 5.70. The molecule has 0 saturated carbocycles. The van der Waals surface area contributed by atoms with Gasteiger partial charge < -0.3 is 9.84 Å². The van der Waals surface area contributed by atoms with Crippen LogP contribution in [0, 0.1) is 5.82 Å². The second-order valence-electron chi connectivity index (χ2n) is 4.25. The summed E-state index contributed by atoms with van der Waals surface area (Å²) in [6, 6.07) is 10.6. The number of benzene rings is 2. The van der Waals surface area contributed by atoms with Crippen molar-refractivity contribution in [3.05, 3.63) is 59.4 Å². The average Bonchev–Trinajstić information content (AvgIpc) is 2.47. The Morgan fingerprint density at radius 3 is 2.67 bits per heavy atom. The predicted molar refractivity (Wildman–Crippen MR) is 76.5 cm³/mol. The topological polar surface area (TPSA) is 63.6 Å². The summed E-state index contributed by atoms with van der Waals surface area (Å²) in [6.45, 7) is 0. The summed E-state index contributed by atoms with van der Waals surface area (Å²) in [4.78, 5) is 11.2. The highest BCUT2D eigenvalue weighted by Crippen LogP contribution is 2.22. The first-order valence-electron chi connectivity index (χ1n) is 6.06. The zero-order chi connectivity index (χ0) is 15.4. The first-order valence-corrected chi connectivity index (χ1v) is 7.38. The van der Waals surface area contributed by atoms with Crippen molar-refractivity contribution in [3.8, 4) is 5.75 Å². The van der Waals surface area contributed by atoms with Crippen molar-refractivity contribution in [1.82, 2.24) is 0 Å². The fourth-order valence-corrected chi connectivity index (χ4v) is 3.01. The van der Waals surface area contributed by atoms with Gasteiger partial charge in [0.05, 0.1) is 29.2 Å². The van der Waals surface area contributed by atoms with Crippen molar-refractivity contribution in [3.63, 3.8) is 0 Å². The van der Waals surface area contributed by atoms with Crippen LogP contribution in [0.4, 0.5) is 4.39 Å². The summed E-state index contributed by atoms with van der Waals surface area (Å²) in [6.07, 6.45) is 0. The third kappa shape index (κ3) is 3.46. The van der Waals surface area contributed by atoms with Crippen molar-refractivity contribution in [2.45, 2.75) is 10.6 Å². The fraction of sp³-hybridized carbons (Fsp3) is 0.133. The minimum Gasteiger partial charge on any atom is -0.496 e. The number of carboxylic acids is 1. The van der Waals surface area contributed by atoms with E-state index in [1.54, 1.807) is 24.3 Å². The van der Waals surface area contributed by atoms with Crippen LogP contribution >= 0.6 is 0 Å². The summed E-state index contributed by atoms with van der Waals surface area (Å²) in [5, 5.41) is 8.88. The molecular weight excluding hydrogens is 295 g/mol. The molecule has 0 spiro atoms. The number of para-hydroxylation sites is 1. The molecule has 2 aromatic carbocycles. The summed E-state index contributed by atoms with van der Waals surface area (Å²) < 4.78 is 30.8. The molecule has 0 radical (unpaired) electrons. The lowest BCUT2D eigenvalue weighted by molar-refractivity contribution is 0.0691. The molecule has 21 heavy (non-hydrogen) atoms. The van der Waals surface area contributed by atoms with Gasteiger partial charge in [0.25, 0.3) is 0 Å². The van der Waals surface area contributed by atoms with E-state index in [0.717, 1.165) is 17.7 Å². The van der Waals surface area contributed by atoms with Crippen LogP contribution in [0.3, 0.4) is 0 Å². The monoisotopic (exact) mass is 308 g/mol. The van der Waals surface area contributed by atoms with Gasteiger partial charge in [0, 0.05) is 10.5 Å². The normalized spacial score (nSPS) is 11.9. The Hall–Kier alpha value is -2.21. The van der Waals surface area contributed by atoms with Crippen molar-refractivity contribution in [1.29, 1.82) is 0 Å². The van der Waals surface area contributed by atoms with Crippen LogP contribution in [0.5, 0.6) is 5.75 Å². The van der Waals surface area contributed by atoms with E-state index in [9.17, 15) is 13.4 Å². The van der Waals surface area contributed by atoms with Crippen LogP contribution in [0.25, 0.3) is 0 Å². The molecule has 0 aliphatic heterocycles. The van der Waals surface area contributed by atoms with E-state index in [4.69, 9.17) is 9.84 Å². The maximum Gasteiger partial charge on any atom is 0.338 e. The lowest BCUT2D eigenvalue weighted by Crippen LogP contribution is -2.04. The molecule has 1 atom stereocenters. The third-order valence-electron chi connectivity index (χ3n) is 2.91. The molecule has 0 bridgehead atoms. The highest BCUT2D eigenvalue weighted by molar-refractivity contribution is 7.84. The van der Waals surface area contributed by atoms with Crippen molar-refractivity contribution in [2.75, 3.05) is 7.11 Å². The van der Waals surface area contributed by atoms with E-state index in [1.807, 2.05) is 0 Å². The molecular formula is C15H13FO4S. The molecule has 0 saturated heterocycles. The van der Waals surface area contributed by atoms with E-state index in [1.165, 1.54) is 13.2 Å². The number of halogens is 1. The van der Waals surface area contributed by atoms with Gasteiger partial charge in [0.1, 0.15) is 11.6 Å². The second kappa shape index (κ2) is 6.49. The molecule has 6 heteroatoms. The van der Waals surface area contributed by atoms with Crippen LogP contribution in [0.2, 0.25) is 0 Å². The fourth-order valence-electron chi connectivity index (χ4n) is 1.86. The Kier molecular flexibility index (Phi) is 4.70. The highest BCUT2D eigenvalue weighted by Gasteiger charge is 2.15. The summed E-state index contributed by atoms with van der Waals surface area (Å²) in [5.41, 5.74) is 0.250. The molecule has 0 amide bonds. The maximum atomic E-state index is 13.3. The van der Waals surface area contributed by atoms with Crippen molar-refractivity contribution in [2.24, 2.45) is 0 Å². The lowest BCUT2D eigenvalue weighted by atomic mass is 10.2. The summed E-state index contributed by atoms with van der Waals surface area (Å²) in [5.74, 6) is -1.47. The first kappa shape index (κ1) is 15.2. The molecule has 0 aromatic heterocycles. The van der Waals surface area contributed by atoms with Gasteiger partial charge in [-0.15, -0.1) is 0 Å². The standard InChI is InChI=1S/C15H13FO4S/c1-20-14-5-3-2-4-10(14)9-21(19)11-6-7-13(16)12(8-11)15(17)18/h2-8H,9H2,1H3,(H,17,18). The average molecular weight is 308 g/mol. The van der Waals surface area contributed by atoms with Crippen LogP contribution in [0.15, 0.2) is 47.4 Å². The first-order chi connectivity index (χ1) is 10.0. The van der Waals surface area contributed by atoms with Gasteiger partial charge in [0.15, 0.2) is 0 Å². The van der Waals surface area contributed by atoms with E-state index >= 15 is 0 Å². The molecule has 1 unspecified atom stereocenters. The number of aromatic carboxylic acids is 1. The Morgan fingerprint density at radius 1 is 1.29 bits per heavy atom. The van der Waals surface area contributed by atoms with Gasteiger partial charge in [-0.1, -0.05) is 18.2 Å². The van der Waals surface area contributed by atoms with E-state index < -0.39 is 28.1 Å². The molecule has 0 aliphatic rings. The Labute approximate surface area is 123 Å². The Balaban J connectivity index is 2.29. The number of rotatable bonds is 5. The highest BCUT2D eigenvalue weighted by atomic mass is 32.2. The minimum atomic E-state index is -1.49. The van der Waals surface area contributed by atoms with E-state index in [0.29, 0.717) is 5.75 Å². The molecule has 0 aliphatic carbocycles. The van der Waals surface area contributed by atoms with Crippen molar-refractivity contribution >= 4 is 16.8 Å². The maximum absolute atomic E-state index is 13.3. The molecule has 4 nitrogen and oxygen atoms in total. The summed E-state index contributed by atoms with van der Waals surface area (Å²) >= 11 is 0. The largest absolute Gasteiger partial charge is 0.496 e. The molecule has 1 N–H and O–H groups in total. The van der Waals surface area contributed by atoms with Gasteiger partial charge in [-0.2, -0.15) is 0 Å². The number of hydrogen-bond donors (Lipinski definition) is 1. The summed E-state index contributed by atoms with van der Waals surface area (Å²) in [7, 11) is 0.0247. The number of hydrogen-bond acceptors (Lipinski definition) is 3. The zero-order valence-electron chi connectivity index (χ0n) is 11.2. The van der Waals surface area contributed by atoms with Crippen molar-refractivity contribution < 1.29 is 23.2 Å². The molecule has 2 rings (SSSR count). The number of methoxy groups -OCH3 is 1. The van der Waals surface area contributed by atoms with Gasteiger partial charge in [-0.05, 0) is 24.3 Å². The molecule has 0 heterocycles. The van der Waals surface area contributed by atoms with Crippen LogP contribution in [-0.4, -0.2) is 22.4 Å². The predicted octanol–water partition coefficient (Wildman–Crippen LogP) is 2.84. The van der Waals surface area contributed by atoms with E-state index in [-0.39, 0.29) is 10.6 Å². The SMILES string of the molecule is COc1ccccc1CS(=O)c1ccc(F)c(C(=O)O)c1. The van der Waals surface area contributed by atoms with Crippen LogP contribution in [-0.2, 0) is 16.6 Å².